The van der Waals surface area contributed by atoms with Crippen molar-refractivity contribution in [2.45, 2.75) is 181 Å². The molecule has 11 atom stereocenters. The predicted octanol–water partition coefficient (Wildman–Crippen LogP) is 7.14. The molecule has 0 aromatic heterocycles. The van der Waals surface area contributed by atoms with Gasteiger partial charge in [0.05, 0.1) is 6.61 Å². The van der Waals surface area contributed by atoms with Crippen molar-refractivity contribution in [1.82, 2.24) is 0 Å². The molecular formula is C44H77N3O8. The van der Waals surface area contributed by atoms with Crippen LogP contribution in [0.3, 0.4) is 0 Å². The maximum atomic E-state index is 13.5. The van der Waals surface area contributed by atoms with Crippen LogP contribution in [0.1, 0.15) is 163 Å². The number of carbonyl (C=O) groups is 4. The number of hydrogen-bond donors (Lipinski definition) is 3. The Morgan fingerprint density at radius 2 is 1.29 bits per heavy atom. The number of nitrogens with two attached hydrogens (primary N) is 3. The van der Waals surface area contributed by atoms with E-state index in [1.807, 2.05) is 0 Å². The van der Waals surface area contributed by atoms with Crippen LogP contribution in [0.2, 0.25) is 0 Å². The SMILES string of the molecule is CCCCCCCCOC(=O)CC[C@@H](C)C1CC[C@H]2C3[C@H](OC(=O)CCCN)CC4C[C@H](OC(=O)CCCN)CCC4(C)[C@H]3C[C@H](OC(=O)CCCN)C12C. The Morgan fingerprint density at radius 3 is 1.95 bits per heavy atom. The van der Waals surface area contributed by atoms with E-state index in [4.69, 9.17) is 36.1 Å². The molecular weight excluding hydrogens is 698 g/mol. The molecule has 55 heavy (non-hydrogen) atoms. The molecule has 0 bridgehead atoms. The molecule has 5 unspecified atom stereocenters. The van der Waals surface area contributed by atoms with E-state index in [9.17, 15) is 19.2 Å². The highest BCUT2D eigenvalue weighted by Crippen LogP contribution is 2.69. The van der Waals surface area contributed by atoms with E-state index in [2.05, 4.69) is 27.7 Å². The Morgan fingerprint density at radius 1 is 0.673 bits per heavy atom. The van der Waals surface area contributed by atoms with Crippen molar-refractivity contribution in [1.29, 1.82) is 0 Å². The van der Waals surface area contributed by atoms with E-state index in [1.54, 1.807) is 0 Å². The second-order valence-corrected chi connectivity index (χ2v) is 18.1. The first kappa shape index (κ1) is 45.5. The minimum Gasteiger partial charge on any atom is -0.466 e. The van der Waals surface area contributed by atoms with Gasteiger partial charge in [0.1, 0.15) is 18.3 Å². The average Bonchev–Trinajstić information content (AvgIpc) is 3.52. The molecule has 0 radical (unpaired) electrons. The smallest absolute Gasteiger partial charge is 0.306 e. The van der Waals surface area contributed by atoms with Crippen molar-refractivity contribution < 1.29 is 38.1 Å². The Labute approximate surface area is 332 Å². The summed E-state index contributed by atoms with van der Waals surface area (Å²) in [6, 6.07) is 0. The van der Waals surface area contributed by atoms with Crippen molar-refractivity contribution in [2.75, 3.05) is 26.2 Å². The van der Waals surface area contributed by atoms with Crippen molar-refractivity contribution in [3.63, 3.8) is 0 Å². The lowest BCUT2D eigenvalue weighted by Crippen LogP contribution is -2.63. The summed E-state index contributed by atoms with van der Waals surface area (Å²) in [6.07, 6.45) is 15.6. The monoisotopic (exact) mass is 776 g/mol. The lowest BCUT2D eigenvalue weighted by molar-refractivity contribution is -0.226. The van der Waals surface area contributed by atoms with Gasteiger partial charge < -0.3 is 36.1 Å². The normalized spacial score (nSPS) is 33.1. The van der Waals surface area contributed by atoms with Crippen LogP contribution in [0.5, 0.6) is 0 Å². The number of esters is 4. The molecule has 4 aliphatic carbocycles. The quantitative estimate of drug-likeness (QED) is 0.0545. The van der Waals surface area contributed by atoms with Crippen molar-refractivity contribution in [3.8, 4) is 0 Å². The Balaban J connectivity index is 1.57. The summed E-state index contributed by atoms with van der Waals surface area (Å²) in [6.45, 7) is 10.9. The fourth-order valence-corrected chi connectivity index (χ4v) is 11.6. The number of hydrogen-bond acceptors (Lipinski definition) is 11. The zero-order chi connectivity index (χ0) is 40.0. The number of fused-ring (bicyclic) bond motifs is 5. The lowest BCUT2D eigenvalue weighted by Gasteiger charge is -2.64. The van der Waals surface area contributed by atoms with Crippen LogP contribution < -0.4 is 17.2 Å². The van der Waals surface area contributed by atoms with Crippen LogP contribution in [-0.4, -0.2) is 68.4 Å². The second kappa shape index (κ2) is 22.1. The largest absolute Gasteiger partial charge is 0.466 e. The fourth-order valence-electron chi connectivity index (χ4n) is 11.6. The minimum absolute atomic E-state index is 0.0995. The predicted molar refractivity (Wildman–Crippen MR) is 213 cm³/mol. The molecule has 0 saturated heterocycles. The van der Waals surface area contributed by atoms with Gasteiger partial charge in [-0.1, -0.05) is 59.8 Å². The first-order valence-electron chi connectivity index (χ1n) is 22.3. The molecule has 316 valence electrons. The first-order chi connectivity index (χ1) is 26.4. The topological polar surface area (TPSA) is 183 Å². The third kappa shape index (κ3) is 11.7. The Kier molecular flexibility index (Phi) is 18.2. The third-order valence-electron chi connectivity index (χ3n) is 14.6. The lowest BCUT2D eigenvalue weighted by atomic mass is 9.43. The highest BCUT2D eigenvalue weighted by Gasteiger charge is 2.67. The van der Waals surface area contributed by atoms with Gasteiger partial charge >= 0.3 is 23.9 Å². The highest BCUT2D eigenvalue weighted by atomic mass is 16.6. The molecule has 11 heteroatoms. The zero-order valence-electron chi connectivity index (χ0n) is 34.9. The van der Waals surface area contributed by atoms with Gasteiger partial charge in [-0.3, -0.25) is 19.2 Å². The maximum Gasteiger partial charge on any atom is 0.306 e. The Bertz CT molecular complexity index is 1230. The van der Waals surface area contributed by atoms with E-state index in [-0.39, 0.29) is 101 Å². The van der Waals surface area contributed by atoms with Gasteiger partial charge in [0.2, 0.25) is 0 Å². The van der Waals surface area contributed by atoms with Crippen LogP contribution in [0.15, 0.2) is 0 Å². The molecule has 4 saturated carbocycles. The van der Waals surface area contributed by atoms with Crippen molar-refractivity contribution in [3.05, 3.63) is 0 Å². The van der Waals surface area contributed by atoms with Gasteiger partial charge in [0, 0.05) is 37.0 Å². The van der Waals surface area contributed by atoms with Gasteiger partial charge in [-0.05, 0) is 132 Å². The van der Waals surface area contributed by atoms with E-state index in [1.165, 1.54) is 25.7 Å². The van der Waals surface area contributed by atoms with Crippen molar-refractivity contribution in [2.24, 2.45) is 63.5 Å². The number of carbonyl (C=O) groups excluding carboxylic acids is 4. The van der Waals surface area contributed by atoms with Gasteiger partial charge in [0.15, 0.2) is 0 Å². The molecule has 0 aliphatic heterocycles. The molecule has 0 aromatic carbocycles. The fraction of sp³-hybridized carbons (Fsp3) is 0.909. The summed E-state index contributed by atoms with van der Waals surface area (Å²) < 4.78 is 24.7. The molecule has 11 nitrogen and oxygen atoms in total. The minimum atomic E-state index is -0.359. The molecule has 4 rings (SSSR count). The van der Waals surface area contributed by atoms with Crippen LogP contribution in [0.4, 0.5) is 0 Å². The standard InChI is InChI=1S/C44H77N3O8/c1-5-6-7-8-9-10-26-52-38(48)20-17-30(2)33-18-19-34-42-35(29-37(44(33,34)4)55-41(51)16-13-25-47)43(3)22-21-32(53-39(49)14-11-23-45)27-31(43)28-36(42)54-40(50)15-12-24-46/h30-37,42H,5-29,45-47H2,1-4H3/t30-,31?,32-,33?,34+,35+,36-,37+,42?,43?,44?/m1/s1. The van der Waals surface area contributed by atoms with E-state index in [0.29, 0.717) is 71.2 Å². The third-order valence-corrected chi connectivity index (χ3v) is 14.6. The summed E-state index contributed by atoms with van der Waals surface area (Å²) in [5.41, 5.74) is 16.8. The molecule has 0 amide bonds. The van der Waals surface area contributed by atoms with Crippen LogP contribution in [-0.2, 0) is 38.1 Å². The Hall–Kier alpha value is -2.24. The van der Waals surface area contributed by atoms with Gasteiger partial charge in [-0.25, -0.2) is 0 Å². The van der Waals surface area contributed by atoms with E-state index < -0.39 is 0 Å². The number of rotatable bonds is 23. The maximum absolute atomic E-state index is 13.5. The second-order valence-electron chi connectivity index (χ2n) is 18.1. The van der Waals surface area contributed by atoms with Gasteiger partial charge in [-0.2, -0.15) is 0 Å². The summed E-state index contributed by atoms with van der Waals surface area (Å²) >= 11 is 0. The summed E-state index contributed by atoms with van der Waals surface area (Å²) in [5, 5.41) is 0. The molecule has 6 N–H and O–H groups in total. The van der Waals surface area contributed by atoms with E-state index in [0.717, 1.165) is 51.4 Å². The summed E-state index contributed by atoms with van der Waals surface area (Å²) in [7, 11) is 0. The van der Waals surface area contributed by atoms with Gasteiger partial charge in [-0.15, -0.1) is 0 Å². The summed E-state index contributed by atoms with van der Waals surface area (Å²) in [5.74, 6) is 0.288. The summed E-state index contributed by atoms with van der Waals surface area (Å²) in [4.78, 5) is 52.4. The van der Waals surface area contributed by atoms with Crippen LogP contribution in [0, 0.1) is 46.3 Å². The van der Waals surface area contributed by atoms with Gasteiger partial charge in [0.25, 0.3) is 0 Å². The molecule has 0 spiro atoms. The number of ether oxygens (including phenoxy) is 4. The average molecular weight is 776 g/mol. The van der Waals surface area contributed by atoms with E-state index >= 15 is 0 Å². The molecule has 0 aromatic rings. The molecule has 0 heterocycles. The van der Waals surface area contributed by atoms with Crippen LogP contribution in [0.25, 0.3) is 0 Å². The molecule has 4 aliphatic rings. The highest BCUT2D eigenvalue weighted by molar-refractivity contribution is 5.70. The first-order valence-corrected chi connectivity index (χ1v) is 22.3. The number of unbranched alkanes of at least 4 members (excludes halogenated alkanes) is 5. The van der Waals surface area contributed by atoms with Crippen LogP contribution >= 0.6 is 0 Å². The van der Waals surface area contributed by atoms with Crippen molar-refractivity contribution >= 4 is 23.9 Å². The molecule has 4 fully saturated rings. The zero-order valence-corrected chi connectivity index (χ0v) is 34.9.